The van der Waals surface area contributed by atoms with Crippen molar-refractivity contribution in [2.24, 2.45) is 5.14 Å². The Labute approximate surface area is 95.9 Å². The molecule has 10 heteroatoms. The first-order valence-corrected chi connectivity index (χ1v) is 7.31. The molecule has 0 fully saturated rings. The molecular formula is C7H6NO7PS. The molecule has 2 heterocycles. The summed E-state index contributed by atoms with van der Waals surface area (Å²) in [6.07, 6.45) is 0. The standard InChI is InChI=1S/C7H6NO7PS/c1-12-3-2-4(17(8,10)11)6-7-5(3)13-16(9,14-6)15-7/h2H,1H3,(H2,8,10,11). The largest absolute Gasteiger partial charge is 0.647 e. The number of phosphoric acid groups is 1. The number of benzene rings is 1. The van der Waals surface area contributed by atoms with Crippen LogP contribution in [0.5, 0.6) is 23.0 Å². The van der Waals surface area contributed by atoms with Gasteiger partial charge in [-0.25, -0.2) is 13.6 Å². The maximum absolute atomic E-state index is 11.7. The summed E-state index contributed by atoms with van der Waals surface area (Å²) in [4.78, 5) is -0.353. The molecule has 0 aromatic heterocycles. The van der Waals surface area contributed by atoms with E-state index in [0.717, 1.165) is 6.07 Å². The number of primary sulfonamides is 1. The van der Waals surface area contributed by atoms with E-state index in [9.17, 15) is 13.0 Å². The van der Waals surface area contributed by atoms with Gasteiger partial charge in [0, 0.05) is 6.07 Å². The molecule has 1 aromatic rings. The highest BCUT2D eigenvalue weighted by atomic mass is 32.2. The second kappa shape index (κ2) is 2.87. The van der Waals surface area contributed by atoms with E-state index in [4.69, 9.17) is 23.4 Å². The number of phosphoric ester groups is 1. The molecule has 92 valence electrons. The highest BCUT2D eigenvalue weighted by Gasteiger charge is 2.53. The summed E-state index contributed by atoms with van der Waals surface area (Å²) in [5, 5.41) is 5.01. The van der Waals surface area contributed by atoms with Gasteiger partial charge in [0.1, 0.15) is 4.90 Å². The lowest BCUT2D eigenvalue weighted by Crippen LogP contribution is -2.14. The van der Waals surface area contributed by atoms with E-state index in [2.05, 4.69) is 0 Å². The molecule has 3 rings (SSSR count). The number of hydrogen-bond donors (Lipinski definition) is 1. The lowest BCUT2D eigenvalue weighted by atomic mass is 10.2. The smallest absolute Gasteiger partial charge is 0.493 e. The van der Waals surface area contributed by atoms with Gasteiger partial charge in [0.05, 0.1) is 7.11 Å². The zero-order chi connectivity index (χ0) is 12.4. The van der Waals surface area contributed by atoms with Crippen LogP contribution in [0.15, 0.2) is 11.0 Å². The number of ether oxygens (including phenoxy) is 1. The Morgan fingerprint density at radius 2 is 1.82 bits per heavy atom. The SMILES string of the molecule is COc1cc(S(N)(=O)=O)c2c3c1OP(=O)(O2)O3. The Balaban J connectivity index is 2.38. The third-order valence-corrected chi connectivity index (χ3v) is 4.39. The fourth-order valence-electron chi connectivity index (χ4n) is 1.59. The van der Waals surface area contributed by atoms with Gasteiger partial charge in [-0.3, -0.25) is 0 Å². The second-order valence-electron chi connectivity index (χ2n) is 3.33. The first-order chi connectivity index (χ1) is 7.84. The zero-order valence-electron chi connectivity index (χ0n) is 8.37. The number of sulfonamides is 1. The van der Waals surface area contributed by atoms with Crippen LogP contribution in [-0.2, 0) is 14.6 Å². The summed E-state index contributed by atoms with van der Waals surface area (Å²) >= 11 is 0. The van der Waals surface area contributed by atoms with Gasteiger partial charge < -0.3 is 18.3 Å². The van der Waals surface area contributed by atoms with Crippen LogP contribution in [0.3, 0.4) is 0 Å². The van der Waals surface area contributed by atoms with Crippen molar-refractivity contribution in [2.75, 3.05) is 7.11 Å². The summed E-state index contributed by atoms with van der Waals surface area (Å²) in [6, 6.07) is 1.13. The highest BCUT2D eigenvalue weighted by Crippen LogP contribution is 2.72. The van der Waals surface area contributed by atoms with Crippen molar-refractivity contribution in [3.63, 3.8) is 0 Å². The van der Waals surface area contributed by atoms with Gasteiger partial charge in [-0.15, -0.1) is 0 Å². The van der Waals surface area contributed by atoms with Gasteiger partial charge in [0.2, 0.25) is 27.3 Å². The van der Waals surface area contributed by atoms with E-state index in [1.165, 1.54) is 7.11 Å². The molecular weight excluding hydrogens is 273 g/mol. The van der Waals surface area contributed by atoms with Crippen LogP contribution in [0.4, 0.5) is 0 Å². The van der Waals surface area contributed by atoms with E-state index in [1.54, 1.807) is 0 Å². The van der Waals surface area contributed by atoms with E-state index in [1.807, 2.05) is 0 Å². The highest BCUT2D eigenvalue weighted by molar-refractivity contribution is 7.89. The number of nitrogens with two attached hydrogens (primary N) is 1. The molecule has 2 N–H and O–H groups in total. The summed E-state index contributed by atoms with van der Waals surface area (Å²) in [5.41, 5.74) is 0. The van der Waals surface area contributed by atoms with Crippen LogP contribution < -0.4 is 23.4 Å². The summed E-state index contributed by atoms with van der Waals surface area (Å²) in [5.74, 6) is -0.132. The molecule has 1 atom stereocenters. The van der Waals surface area contributed by atoms with Crippen LogP contribution in [0.25, 0.3) is 0 Å². The Bertz CT molecular complexity index is 682. The Morgan fingerprint density at radius 3 is 2.35 bits per heavy atom. The molecule has 0 saturated carbocycles. The Hall–Kier alpha value is -1.44. The van der Waals surface area contributed by atoms with Crippen LogP contribution in [-0.4, -0.2) is 15.5 Å². The lowest BCUT2D eigenvalue weighted by Gasteiger charge is -2.14. The number of rotatable bonds is 2. The molecule has 17 heavy (non-hydrogen) atoms. The summed E-state index contributed by atoms with van der Waals surface area (Å²) in [7, 11) is -6.53. The van der Waals surface area contributed by atoms with E-state index >= 15 is 0 Å². The van der Waals surface area contributed by atoms with Crippen LogP contribution in [0.1, 0.15) is 0 Å². The van der Waals surface area contributed by atoms with E-state index in [-0.39, 0.29) is 27.9 Å². The third-order valence-electron chi connectivity index (χ3n) is 2.26. The molecule has 0 aliphatic carbocycles. The maximum Gasteiger partial charge on any atom is 0.647 e. The number of hydrogen-bond acceptors (Lipinski definition) is 7. The summed E-state index contributed by atoms with van der Waals surface area (Å²) in [6.45, 7) is 0. The molecule has 1 aromatic carbocycles. The third kappa shape index (κ3) is 1.33. The quantitative estimate of drug-likeness (QED) is 0.789. The van der Waals surface area contributed by atoms with Crippen LogP contribution in [0, 0.1) is 0 Å². The van der Waals surface area contributed by atoms with Crippen molar-refractivity contribution in [1.82, 2.24) is 0 Å². The van der Waals surface area contributed by atoms with E-state index in [0.29, 0.717) is 0 Å². The fourth-order valence-corrected chi connectivity index (χ4v) is 3.62. The van der Waals surface area contributed by atoms with Gasteiger partial charge >= 0.3 is 7.82 Å². The average Bonchev–Trinajstić information content (AvgIpc) is 2.69. The predicted octanol–water partition coefficient (Wildman–Crippen LogP) is 0.614. The molecule has 1 unspecified atom stereocenters. The molecule has 2 bridgehead atoms. The molecule has 0 radical (unpaired) electrons. The van der Waals surface area contributed by atoms with Crippen molar-refractivity contribution in [2.45, 2.75) is 4.90 Å². The Kier molecular flexibility index (Phi) is 1.80. The average molecular weight is 279 g/mol. The number of methoxy groups -OCH3 is 1. The number of fused-ring (bicyclic) bond motifs is 1. The predicted molar refractivity (Wildman–Crippen MR) is 53.9 cm³/mol. The fraction of sp³-hybridized carbons (Fsp3) is 0.143. The molecule has 2 aliphatic rings. The summed E-state index contributed by atoms with van der Waals surface area (Å²) < 4.78 is 53.9. The normalized spacial score (nSPS) is 23.9. The first kappa shape index (κ1) is 10.7. The second-order valence-corrected chi connectivity index (χ2v) is 6.30. The maximum atomic E-state index is 11.7. The Morgan fingerprint density at radius 1 is 1.24 bits per heavy atom. The van der Waals surface area contributed by atoms with Crippen molar-refractivity contribution in [3.8, 4) is 23.0 Å². The van der Waals surface area contributed by atoms with Gasteiger partial charge in [0.15, 0.2) is 5.75 Å². The van der Waals surface area contributed by atoms with E-state index < -0.39 is 17.8 Å². The molecule has 0 saturated heterocycles. The van der Waals surface area contributed by atoms with Crippen molar-refractivity contribution in [1.29, 1.82) is 0 Å². The first-order valence-electron chi connectivity index (χ1n) is 4.31. The lowest BCUT2D eigenvalue weighted by molar-refractivity contribution is 0.336. The van der Waals surface area contributed by atoms with Gasteiger partial charge in [0.25, 0.3) is 0 Å². The molecule has 2 aliphatic heterocycles. The molecule has 8 nitrogen and oxygen atoms in total. The minimum absolute atomic E-state index is 0.0586. The minimum atomic E-state index is -4.05. The molecule has 0 amide bonds. The minimum Gasteiger partial charge on any atom is -0.493 e. The van der Waals surface area contributed by atoms with Crippen molar-refractivity contribution >= 4 is 17.8 Å². The van der Waals surface area contributed by atoms with Crippen LogP contribution >= 0.6 is 7.82 Å². The van der Waals surface area contributed by atoms with Gasteiger partial charge in [-0.1, -0.05) is 0 Å². The zero-order valence-corrected chi connectivity index (χ0v) is 10.1. The molecule has 0 spiro atoms. The monoisotopic (exact) mass is 279 g/mol. The van der Waals surface area contributed by atoms with Gasteiger partial charge in [-0.05, 0) is 0 Å². The van der Waals surface area contributed by atoms with Crippen LogP contribution in [0.2, 0.25) is 0 Å². The topological polar surface area (TPSA) is 114 Å². The van der Waals surface area contributed by atoms with Crippen molar-refractivity contribution in [3.05, 3.63) is 6.07 Å². The van der Waals surface area contributed by atoms with Crippen molar-refractivity contribution < 1.29 is 31.3 Å². The van der Waals surface area contributed by atoms with Gasteiger partial charge in [-0.2, -0.15) is 4.57 Å².